The summed E-state index contributed by atoms with van der Waals surface area (Å²) in [6.45, 7) is 9.12. The van der Waals surface area contributed by atoms with Crippen LogP contribution in [0.15, 0.2) is 23.1 Å². The monoisotopic (exact) mass is 396 g/mol. The molecule has 8 nitrogen and oxygen atoms in total. The number of anilines is 1. The Morgan fingerprint density at radius 3 is 2.48 bits per heavy atom. The first-order valence-corrected chi connectivity index (χ1v) is 11.0. The minimum absolute atomic E-state index is 0.0132. The van der Waals surface area contributed by atoms with E-state index in [9.17, 15) is 18.5 Å². The summed E-state index contributed by atoms with van der Waals surface area (Å²) in [4.78, 5) is 15.5. The Bertz CT molecular complexity index is 791. The highest BCUT2D eigenvalue weighted by Crippen LogP contribution is 2.33. The van der Waals surface area contributed by atoms with Crippen molar-refractivity contribution in [1.29, 1.82) is 0 Å². The zero-order valence-corrected chi connectivity index (χ0v) is 16.8. The molecule has 0 aliphatic carbocycles. The van der Waals surface area contributed by atoms with E-state index in [1.165, 1.54) is 16.4 Å². The third-order valence-corrected chi connectivity index (χ3v) is 7.42. The van der Waals surface area contributed by atoms with E-state index in [0.717, 1.165) is 32.5 Å². The fourth-order valence-corrected chi connectivity index (χ4v) is 5.51. The summed E-state index contributed by atoms with van der Waals surface area (Å²) < 4.78 is 27.4. The fraction of sp³-hybridized carbons (Fsp3) is 0.667. The molecule has 9 heteroatoms. The molecule has 0 spiro atoms. The number of nitro benzene ring substituents is 1. The van der Waals surface area contributed by atoms with Gasteiger partial charge in [0, 0.05) is 45.3 Å². The molecule has 2 aliphatic rings. The van der Waals surface area contributed by atoms with Crippen molar-refractivity contribution in [1.82, 2.24) is 9.21 Å². The maximum absolute atomic E-state index is 13.0. The lowest BCUT2D eigenvalue weighted by Crippen LogP contribution is -2.46. The normalized spacial score (nSPS) is 22.7. The molecule has 0 aromatic heterocycles. The number of rotatable bonds is 5. The first-order chi connectivity index (χ1) is 12.8. The molecule has 1 aromatic carbocycles. The molecular weight excluding hydrogens is 368 g/mol. The number of hydrogen-bond acceptors (Lipinski definition) is 6. The average Bonchev–Trinajstić information content (AvgIpc) is 2.67. The van der Waals surface area contributed by atoms with E-state index in [-0.39, 0.29) is 10.6 Å². The van der Waals surface area contributed by atoms with Crippen LogP contribution in [0.4, 0.5) is 11.4 Å². The van der Waals surface area contributed by atoms with Crippen LogP contribution in [0.1, 0.15) is 26.7 Å². The predicted octanol–water partition coefficient (Wildman–Crippen LogP) is 2.16. The highest BCUT2D eigenvalue weighted by Gasteiger charge is 2.31. The van der Waals surface area contributed by atoms with Gasteiger partial charge in [0.25, 0.3) is 5.69 Å². The quantitative estimate of drug-likeness (QED) is 0.560. The first kappa shape index (κ1) is 20.0. The molecule has 1 atom stereocenters. The molecule has 150 valence electrons. The summed E-state index contributed by atoms with van der Waals surface area (Å²) in [5.74, 6) is 0.303. The largest absolute Gasteiger partial charge is 0.363 e. The second-order valence-corrected chi connectivity index (χ2v) is 9.38. The smallest absolute Gasteiger partial charge is 0.293 e. The van der Waals surface area contributed by atoms with Crippen molar-refractivity contribution < 1.29 is 13.3 Å². The SMILES string of the molecule is CCN1CCN(c2ccc(S(=O)(=O)N3CCC[C@@H](C)C3)cc2[N+](=O)[O-])CC1. The summed E-state index contributed by atoms with van der Waals surface area (Å²) in [7, 11) is -3.71. The van der Waals surface area contributed by atoms with Gasteiger partial charge in [-0.1, -0.05) is 13.8 Å². The van der Waals surface area contributed by atoms with Crippen molar-refractivity contribution in [3.63, 3.8) is 0 Å². The van der Waals surface area contributed by atoms with E-state index in [1.54, 1.807) is 6.07 Å². The van der Waals surface area contributed by atoms with E-state index >= 15 is 0 Å². The van der Waals surface area contributed by atoms with Crippen LogP contribution in [0.2, 0.25) is 0 Å². The first-order valence-electron chi connectivity index (χ1n) is 9.58. The van der Waals surface area contributed by atoms with Crippen molar-refractivity contribution in [3.05, 3.63) is 28.3 Å². The molecule has 2 fully saturated rings. The van der Waals surface area contributed by atoms with Gasteiger partial charge in [-0.25, -0.2) is 8.42 Å². The Hall–Kier alpha value is -1.71. The van der Waals surface area contributed by atoms with Crippen LogP contribution >= 0.6 is 0 Å². The van der Waals surface area contributed by atoms with Crippen molar-refractivity contribution in [2.24, 2.45) is 5.92 Å². The molecule has 0 amide bonds. The molecule has 0 radical (unpaired) electrons. The highest BCUT2D eigenvalue weighted by molar-refractivity contribution is 7.89. The molecule has 0 bridgehead atoms. The van der Waals surface area contributed by atoms with Crippen LogP contribution in [0, 0.1) is 16.0 Å². The van der Waals surface area contributed by atoms with Gasteiger partial charge in [0.05, 0.1) is 9.82 Å². The Labute approximate surface area is 160 Å². The summed E-state index contributed by atoms with van der Waals surface area (Å²) >= 11 is 0. The zero-order chi connectivity index (χ0) is 19.6. The molecule has 3 rings (SSSR count). The second-order valence-electron chi connectivity index (χ2n) is 7.44. The lowest BCUT2D eigenvalue weighted by atomic mass is 10.0. The number of nitro groups is 1. The highest BCUT2D eigenvalue weighted by atomic mass is 32.2. The number of nitrogens with zero attached hydrogens (tertiary/aromatic N) is 4. The lowest BCUT2D eigenvalue weighted by Gasteiger charge is -2.35. The lowest BCUT2D eigenvalue weighted by molar-refractivity contribution is -0.384. The predicted molar refractivity (Wildman–Crippen MR) is 105 cm³/mol. The Kier molecular flexibility index (Phi) is 6.02. The number of likely N-dealkylation sites (N-methyl/N-ethyl adjacent to an activating group) is 1. The summed E-state index contributed by atoms with van der Waals surface area (Å²) in [5.41, 5.74) is 0.368. The molecule has 2 aliphatic heterocycles. The molecule has 2 heterocycles. The van der Waals surface area contributed by atoms with Crippen LogP contribution in [0.25, 0.3) is 0 Å². The van der Waals surface area contributed by atoms with Crippen molar-refractivity contribution in [3.8, 4) is 0 Å². The van der Waals surface area contributed by atoms with Crippen LogP contribution < -0.4 is 4.90 Å². The van der Waals surface area contributed by atoms with Gasteiger partial charge < -0.3 is 9.80 Å². The van der Waals surface area contributed by atoms with Crippen LogP contribution in [-0.4, -0.2) is 68.4 Å². The van der Waals surface area contributed by atoms with Gasteiger partial charge in [0.15, 0.2) is 0 Å². The molecule has 2 saturated heterocycles. The topological polar surface area (TPSA) is 87.0 Å². The van der Waals surface area contributed by atoms with E-state index in [2.05, 4.69) is 11.8 Å². The molecule has 0 N–H and O–H groups in total. The Morgan fingerprint density at radius 1 is 1.19 bits per heavy atom. The maximum atomic E-state index is 13.0. The van der Waals surface area contributed by atoms with E-state index in [1.807, 2.05) is 11.8 Å². The van der Waals surface area contributed by atoms with Gasteiger partial charge in [-0.2, -0.15) is 4.31 Å². The van der Waals surface area contributed by atoms with Gasteiger partial charge in [-0.3, -0.25) is 10.1 Å². The van der Waals surface area contributed by atoms with E-state index in [4.69, 9.17) is 0 Å². The van der Waals surface area contributed by atoms with E-state index < -0.39 is 14.9 Å². The van der Waals surface area contributed by atoms with Crippen molar-refractivity contribution >= 4 is 21.4 Å². The molecule has 1 aromatic rings. The third kappa shape index (κ3) is 4.25. The minimum atomic E-state index is -3.71. The molecule has 0 unspecified atom stereocenters. The van der Waals surface area contributed by atoms with Crippen molar-refractivity contribution in [2.75, 3.05) is 50.7 Å². The standard InChI is InChI=1S/C18H28N4O4S/c1-3-19-9-11-20(12-10-19)17-7-6-16(13-18(17)22(23)24)27(25,26)21-8-4-5-15(2)14-21/h6-7,13,15H,3-5,8-12,14H2,1-2H3/t15-/m1/s1. The van der Waals surface area contributed by atoms with Gasteiger partial charge in [-0.05, 0) is 37.4 Å². The number of benzene rings is 1. The van der Waals surface area contributed by atoms with Crippen LogP contribution in [0.3, 0.4) is 0 Å². The number of sulfonamides is 1. The molecule has 0 saturated carbocycles. The summed E-state index contributed by atoms with van der Waals surface area (Å²) in [5, 5.41) is 11.7. The Morgan fingerprint density at radius 2 is 1.89 bits per heavy atom. The van der Waals surface area contributed by atoms with E-state index in [0.29, 0.717) is 37.8 Å². The summed E-state index contributed by atoms with van der Waals surface area (Å²) in [6, 6.07) is 4.35. The number of hydrogen-bond donors (Lipinski definition) is 0. The number of piperazine rings is 1. The second kappa shape index (κ2) is 8.12. The molecule has 27 heavy (non-hydrogen) atoms. The molecular formula is C18H28N4O4S. The Balaban J connectivity index is 1.88. The van der Waals surface area contributed by atoms with Gasteiger partial charge in [-0.15, -0.1) is 0 Å². The van der Waals surface area contributed by atoms with Crippen LogP contribution in [-0.2, 0) is 10.0 Å². The fourth-order valence-electron chi connectivity index (χ4n) is 3.90. The number of piperidine rings is 1. The van der Waals surface area contributed by atoms with Crippen LogP contribution in [0.5, 0.6) is 0 Å². The third-order valence-electron chi connectivity index (χ3n) is 5.56. The summed E-state index contributed by atoms with van der Waals surface area (Å²) in [6.07, 6.45) is 1.83. The van der Waals surface area contributed by atoms with Crippen molar-refractivity contribution in [2.45, 2.75) is 31.6 Å². The minimum Gasteiger partial charge on any atom is -0.363 e. The van der Waals surface area contributed by atoms with Gasteiger partial charge in [0.2, 0.25) is 10.0 Å². The zero-order valence-electron chi connectivity index (χ0n) is 16.0. The average molecular weight is 397 g/mol. The van der Waals surface area contributed by atoms with Gasteiger partial charge in [0.1, 0.15) is 5.69 Å². The van der Waals surface area contributed by atoms with Gasteiger partial charge >= 0.3 is 0 Å². The maximum Gasteiger partial charge on any atom is 0.293 e.